The van der Waals surface area contributed by atoms with Gasteiger partial charge in [0.1, 0.15) is 46.5 Å². The van der Waals surface area contributed by atoms with Gasteiger partial charge in [0.25, 0.3) is 0 Å². The Bertz CT molecular complexity index is 6500. The summed E-state index contributed by atoms with van der Waals surface area (Å²) in [6.45, 7) is 0. The first kappa shape index (κ1) is 62.4. The Hall–Kier alpha value is -13.8. The van der Waals surface area contributed by atoms with Gasteiger partial charge in [-0.15, -0.1) is 0 Å². The summed E-state index contributed by atoms with van der Waals surface area (Å²) in [6.07, 6.45) is 0. The second-order valence-corrected chi connectivity index (χ2v) is 29.2. The summed E-state index contributed by atoms with van der Waals surface area (Å²) >= 11 is 0. The lowest BCUT2D eigenvalue weighted by Crippen LogP contribution is -1.98. The number of benzene rings is 19. The van der Waals surface area contributed by atoms with Crippen molar-refractivity contribution < 1.29 is 35.1 Å². The van der Waals surface area contributed by atoms with Crippen LogP contribution >= 0.6 is 0 Å². The van der Waals surface area contributed by atoms with Crippen molar-refractivity contribution in [1.82, 2.24) is 0 Å². The molecule has 0 saturated carbocycles. The van der Waals surface area contributed by atoms with E-state index in [0.29, 0.717) is 0 Å². The molecule has 4 aliphatic rings. The van der Waals surface area contributed by atoms with Crippen molar-refractivity contribution in [1.29, 1.82) is 0 Å². The Morgan fingerprint density at radius 3 is 0.382 bits per heavy atom. The fraction of sp³-hybridized carbons (Fsp3) is 0. The molecular formula is C102H50F8. The standard InChI is InChI=1S/C102H50F8/c103-59-25-9-51(10-26-59)83-67-5-1-2-6-68(67)84(52-11-27-60(104)28-12-52)96-72-42-46-76-93-75(45-41-71(91(72)93)95(83)96)99-87(55-17-33-63(107)34-18-55)79-49-81-82(50-80(79)88(100(76)99)56-19-35-64(108)36-20-56)90(58-23-39-66(110)40-24-58)102-78-48-44-74-92-73(43-47-77(94(78)92)101(102)89(81)57-21-37-65(109)38-22-57)97-85(53-13-29-61(105)30-14-53)69-7-3-4-8-70(69)86(98(74)97)54-15-31-62(106)32-16-54/h1-50H. The van der Waals surface area contributed by atoms with E-state index in [0.717, 1.165) is 243 Å². The van der Waals surface area contributed by atoms with E-state index < -0.39 is 23.3 Å². The molecule has 514 valence electrons. The quantitative estimate of drug-likeness (QED) is 0.105. The lowest BCUT2D eigenvalue weighted by molar-refractivity contribution is 0.627. The molecule has 0 amide bonds. The van der Waals surface area contributed by atoms with Crippen LogP contribution in [-0.2, 0) is 0 Å². The van der Waals surface area contributed by atoms with Crippen molar-refractivity contribution in [2.75, 3.05) is 0 Å². The molecule has 23 rings (SSSR count). The van der Waals surface area contributed by atoms with Gasteiger partial charge in [0, 0.05) is 0 Å². The van der Waals surface area contributed by atoms with Crippen molar-refractivity contribution in [3.63, 3.8) is 0 Å². The van der Waals surface area contributed by atoms with Gasteiger partial charge in [0.2, 0.25) is 0 Å². The highest BCUT2D eigenvalue weighted by atomic mass is 19.2. The molecule has 0 atom stereocenters. The number of hydrogen-bond donors (Lipinski definition) is 0. The Balaban J connectivity index is 0.870. The Morgan fingerprint density at radius 1 is 0.118 bits per heavy atom. The fourth-order valence-electron chi connectivity index (χ4n) is 19.5. The summed E-state index contributed by atoms with van der Waals surface area (Å²) < 4.78 is 124. The third-order valence-corrected chi connectivity index (χ3v) is 23.7. The summed E-state index contributed by atoms with van der Waals surface area (Å²) in [6, 6.07) is 91.2. The van der Waals surface area contributed by atoms with Gasteiger partial charge in [0.05, 0.1) is 0 Å². The molecule has 19 aromatic rings. The molecule has 19 aromatic carbocycles. The van der Waals surface area contributed by atoms with Crippen LogP contribution in [-0.4, -0.2) is 0 Å². The van der Waals surface area contributed by atoms with E-state index in [1.165, 1.54) is 97.1 Å². The first-order valence-corrected chi connectivity index (χ1v) is 36.5. The van der Waals surface area contributed by atoms with E-state index in [2.05, 4.69) is 84.9 Å². The van der Waals surface area contributed by atoms with E-state index in [-0.39, 0.29) is 23.3 Å². The van der Waals surface area contributed by atoms with E-state index in [9.17, 15) is 0 Å². The number of hydrogen-bond acceptors (Lipinski definition) is 0. The predicted molar refractivity (Wildman–Crippen MR) is 432 cm³/mol. The third kappa shape index (κ3) is 8.61. The van der Waals surface area contributed by atoms with Crippen LogP contribution in [0, 0.1) is 46.5 Å². The van der Waals surface area contributed by atoms with E-state index >= 15 is 35.1 Å². The molecule has 0 aromatic heterocycles. The van der Waals surface area contributed by atoms with Crippen molar-refractivity contribution in [2.24, 2.45) is 0 Å². The van der Waals surface area contributed by atoms with E-state index in [1.807, 2.05) is 121 Å². The number of rotatable bonds is 8. The van der Waals surface area contributed by atoms with Crippen LogP contribution in [0.15, 0.2) is 303 Å². The molecule has 0 aliphatic heterocycles. The van der Waals surface area contributed by atoms with Crippen molar-refractivity contribution >= 4 is 64.6 Å². The highest BCUT2D eigenvalue weighted by molar-refractivity contribution is 6.39. The highest BCUT2D eigenvalue weighted by Gasteiger charge is 2.41. The monoisotopic (exact) mass is 1430 g/mol. The molecule has 0 N–H and O–H groups in total. The van der Waals surface area contributed by atoms with Gasteiger partial charge >= 0.3 is 0 Å². The molecule has 110 heavy (non-hydrogen) atoms. The van der Waals surface area contributed by atoms with Crippen LogP contribution in [0.1, 0.15) is 0 Å². The summed E-state index contributed by atoms with van der Waals surface area (Å²) in [5, 5.41) is 10.7. The van der Waals surface area contributed by atoms with E-state index in [4.69, 9.17) is 0 Å². The minimum Gasteiger partial charge on any atom is -0.207 e. The second-order valence-electron chi connectivity index (χ2n) is 29.2. The zero-order valence-electron chi connectivity index (χ0n) is 57.9. The van der Waals surface area contributed by atoms with Gasteiger partial charge in [-0.05, 0) is 352 Å². The van der Waals surface area contributed by atoms with Crippen molar-refractivity contribution in [3.05, 3.63) is 350 Å². The van der Waals surface area contributed by atoms with Crippen molar-refractivity contribution in [2.45, 2.75) is 0 Å². The van der Waals surface area contributed by atoms with Gasteiger partial charge in [-0.1, -0.05) is 194 Å². The van der Waals surface area contributed by atoms with Gasteiger partial charge < -0.3 is 0 Å². The first-order valence-electron chi connectivity index (χ1n) is 36.5. The maximum Gasteiger partial charge on any atom is 0.123 e. The predicted octanol–water partition coefficient (Wildman–Crippen LogP) is 29.6. The fourth-order valence-corrected chi connectivity index (χ4v) is 19.5. The molecule has 0 saturated heterocycles. The van der Waals surface area contributed by atoms with Crippen molar-refractivity contribution in [3.8, 4) is 178 Å². The zero-order chi connectivity index (χ0) is 73.4. The highest BCUT2D eigenvalue weighted by Crippen LogP contribution is 2.68. The molecule has 0 unspecified atom stereocenters. The summed E-state index contributed by atoms with van der Waals surface area (Å²) in [4.78, 5) is 0. The Labute approximate surface area is 624 Å². The molecule has 0 nitrogen and oxygen atoms in total. The smallest absolute Gasteiger partial charge is 0.123 e. The van der Waals surface area contributed by atoms with Gasteiger partial charge in [0.15, 0.2) is 0 Å². The lowest BCUT2D eigenvalue weighted by atomic mass is 9.78. The first-order chi connectivity index (χ1) is 53.9. The lowest BCUT2D eigenvalue weighted by Gasteiger charge is -2.25. The molecule has 0 bridgehead atoms. The minimum absolute atomic E-state index is 0.367. The Morgan fingerprint density at radius 2 is 0.245 bits per heavy atom. The molecule has 0 spiro atoms. The van der Waals surface area contributed by atoms with Crippen LogP contribution in [0.5, 0.6) is 0 Å². The van der Waals surface area contributed by atoms with Crippen LogP contribution in [0.2, 0.25) is 0 Å². The average molecular weight is 1430 g/mol. The molecule has 4 aliphatic carbocycles. The maximum absolute atomic E-state index is 15.9. The molecule has 8 heteroatoms. The maximum atomic E-state index is 15.9. The summed E-state index contributed by atoms with van der Waals surface area (Å²) in [7, 11) is 0. The van der Waals surface area contributed by atoms with Crippen LogP contribution in [0.4, 0.5) is 35.1 Å². The largest absolute Gasteiger partial charge is 0.207 e. The molecule has 0 radical (unpaired) electrons. The SMILES string of the molecule is Fc1ccc(-c2c3c(c(-c4ccc(F)cc4)c4ccccc24)-c2ccc4c5c(ccc-3c25)-c2c-4c(-c3ccc(F)cc3)c3cc4c(-c5ccc(F)cc5)c5c(c(-c6ccc(F)cc6)c4cc3c2-c2ccc(F)cc2)-c2ccc3c4c(ccc-5c24)-c2c-3c(-c3ccc(F)cc3)c3ccccc3c2-c2ccc(F)cc2)cc1. The third-order valence-electron chi connectivity index (χ3n) is 23.7. The minimum atomic E-state index is -0.426. The topological polar surface area (TPSA) is 0 Å². The molecular weight excluding hydrogens is 1380 g/mol. The Kier molecular flexibility index (Phi) is 13.0. The zero-order valence-corrected chi connectivity index (χ0v) is 57.9. The van der Waals surface area contributed by atoms with Gasteiger partial charge in [-0.2, -0.15) is 0 Å². The van der Waals surface area contributed by atoms with Crippen LogP contribution in [0.25, 0.3) is 243 Å². The molecule has 0 heterocycles. The van der Waals surface area contributed by atoms with Crippen LogP contribution in [0.3, 0.4) is 0 Å². The number of fused-ring (bicyclic) bond motifs is 16. The van der Waals surface area contributed by atoms with Gasteiger partial charge in [-0.3, -0.25) is 0 Å². The van der Waals surface area contributed by atoms with E-state index in [1.54, 1.807) is 0 Å². The molecule has 0 fully saturated rings. The second kappa shape index (κ2) is 22.9. The summed E-state index contributed by atoms with van der Waals surface area (Å²) in [5.74, 6) is -3.18. The normalized spacial score (nSPS) is 12.4. The van der Waals surface area contributed by atoms with Crippen LogP contribution < -0.4 is 0 Å². The average Bonchev–Trinajstić information content (AvgIpc) is 1.49. The summed E-state index contributed by atoms with van der Waals surface area (Å²) in [5.41, 5.74) is 27.7. The van der Waals surface area contributed by atoms with Gasteiger partial charge in [-0.25, -0.2) is 35.1 Å². The number of halogens is 8.